The lowest BCUT2D eigenvalue weighted by Gasteiger charge is -2.35. The van der Waals surface area contributed by atoms with Crippen LogP contribution in [0, 0.1) is 0 Å². The van der Waals surface area contributed by atoms with E-state index in [1.165, 1.54) is 0 Å². The third-order valence-electron chi connectivity index (χ3n) is 4.09. The van der Waals surface area contributed by atoms with Crippen molar-refractivity contribution in [1.82, 2.24) is 4.90 Å². The second kappa shape index (κ2) is 7.70. The summed E-state index contributed by atoms with van der Waals surface area (Å²) in [5.41, 5.74) is 0.950. The van der Waals surface area contributed by atoms with Gasteiger partial charge in [0.05, 0.1) is 25.7 Å². The first-order chi connectivity index (χ1) is 10.5. The lowest BCUT2D eigenvalue weighted by atomic mass is 9.98. The van der Waals surface area contributed by atoms with E-state index in [1.54, 1.807) is 20.3 Å². The number of rotatable bonds is 6. The molecule has 1 aromatic rings. The first-order valence-corrected chi connectivity index (χ1v) is 7.79. The number of carboxylic acids is 1. The van der Waals surface area contributed by atoms with Gasteiger partial charge in [-0.1, -0.05) is 18.0 Å². The molecule has 1 atom stereocenters. The van der Waals surface area contributed by atoms with E-state index in [0.29, 0.717) is 23.1 Å². The molecule has 0 bridgehead atoms. The molecule has 0 radical (unpaired) electrons. The number of benzene rings is 1. The van der Waals surface area contributed by atoms with Gasteiger partial charge in [-0.15, -0.1) is 0 Å². The Morgan fingerprint density at radius 1 is 1.32 bits per heavy atom. The third-order valence-corrected chi connectivity index (χ3v) is 4.38. The Balaban J connectivity index is 2.20. The highest BCUT2D eigenvalue weighted by atomic mass is 35.5. The van der Waals surface area contributed by atoms with E-state index in [9.17, 15) is 4.79 Å². The van der Waals surface area contributed by atoms with Crippen molar-refractivity contribution in [3.05, 3.63) is 22.7 Å². The topological polar surface area (TPSA) is 59.0 Å². The minimum atomic E-state index is -0.753. The zero-order valence-electron chi connectivity index (χ0n) is 13.0. The highest BCUT2D eigenvalue weighted by molar-refractivity contribution is 6.32. The number of piperidine rings is 1. The second-order valence-electron chi connectivity index (χ2n) is 5.52. The van der Waals surface area contributed by atoms with Gasteiger partial charge in [-0.05, 0) is 25.5 Å². The van der Waals surface area contributed by atoms with E-state index in [0.717, 1.165) is 31.4 Å². The molecule has 0 spiro atoms. The van der Waals surface area contributed by atoms with Gasteiger partial charge in [0, 0.05) is 24.2 Å². The standard InChI is InChI=1S/C16H22ClNO4/c1-21-14-9-15(22-2)13(17)7-11(14)10-18-6-4-3-5-12(18)8-16(19)20/h7,9,12H,3-6,8,10H2,1-2H3,(H,19,20)/t12-/m1/s1. The molecule has 2 rings (SSSR count). The quantitative estimate of drug-likeness (QED) is 0.869. The smallest absolute Gasteiger partial charge is 0.304 e. The fourth-order valence-electron chi connectivity index (χ4n) is 2.97. The average Bonchev–Trinajstić information content (AvgIpc) is 2.49. The summed E-state index contributed by atoms with van der Waals surface area (Å²) in [5.74, 6) is 0.528. The summed E-state index contributed by atoms with van der Waals surface area (Å²) in [5, 5.41) is 9.61. The number of methoxy groups -OCH3 is 2. The predicted molar refractivity (Wildman–Crippen MR) is 84.9 cm³/mol. The molecule has 0 saturated carbocycles. The summed E-state index contributed by atoms with van der Waals surface area (Å²) in [6.07, 6.45) is 3.25. The summed E-state index contributed by atoms with van der Waals surface area (Å²) in [7, 11) is 3.17. The van der Waals surface area contributed by atoms with Gasteiger partial charge in [0.15, 0.2) is 0 Å². The van der Waals surface area contributed by atoms with E-state index in [1.807, 2.05) is 6.07 Å². The van der Waals surface area contributed by atoms with Crippen LogP contribution in [0.3, 0.4) is 0 Å². The van der Waals surface area contributed by atoms with Crippen LogP contribution in [-0.4, -0.2) is 42.8 Å². The number of carboxylic acid groups (broad SMARTS) is 1. The predicted octanol–water partition coefficient (Wildman–Crippen LogP) is 3.19. The van der Waals surface area contributed by atoms with Crippen molar-refractivity contribution in [3.63, 3.8) is 0 Å². The van der Waals surface area contributed by atoms with Crippen molar-refractivity contribution in [2.75, 3.05) is 20.8 Å². The Labute approximate surface area is 135 Å². The van der Waals surface area contributed by atoms with E-state index in [2.05, 4.69) is 4.90 Å². The van der Waals surface area contributed by atoms with Crippen LogP contribution in [0.5, 0.6) is 11.5 Å². The summed E-state index contributed by atoms with van der Waals surface area (Å²) >= 11 is 6.20. The van der Waals surface area contributed by atoms with Crippen LogP contribution >= 0.6 is 11.6 Å². The maximum absolute atomic E-state index is 11.0. The van der Waals surface area contributed by atoms with E-state index in [4.69, 9.17) is 26.2 Å². The molecule has 1 saturated heterocycles. The Hall–Kier alpha value is -1.46. The zero-order valence-corrected chi connectivity index (χ0v) is 13.7. The average molecular weight is 328 g/mol. The van der Waals surface area contributed by atoms with Crippen LogP contribution in [0.1, 0.15) is 31.2 Å². The summed E-state index contributed by atoms with van der Waals surface area (Å²) in [6.45, 7) is 1.52. The van der Waals surface area contributed by atoms with Gasteiger partial charge in [0.2, 0.25) is 0 Å². The molecular weight excluding hydrogens is 306 g/mol. The van der Waals surface area contributed by atoms with Crippen LogP contribution in [0.4, 0.5) is 0 Å². The lowest BCUT2D eigenvalue weighted by Crippen LogP contribution is -2.40. The van der Waals surface area contributed by atoms with Gasteiger partial charge >= 0.3 is 5.97 Å². The Kier molecular flexibility index (Phi) is 5.91. The number of likely N-dealkylation sites (tertiary alicyclic amines) is 1. The molecule has 0 amide bonds. The van der Waals surface area contributed by atoms with Crippen molar-refractivity contribution in [2.24, 2.45) is 0 Å². The van der Waals surface area contributed by atoms with Crippen molar-refractivity contribution in [1.29, 1.82) is 0 Å². The van der Waals surface area contributed by atoms with Gasteiger partial charge in [-0.2, -0.15) is 0 Å². The van der Waals surface area contributed by atoms with Crippen LogP contribution in [0.2, 0.25) is 5.02 Å². The maximum atomic E-state index is 11.0. The molecule has 0 aromatic heterocycles. The number of nitrogens with zero attached hydrogens (tertiary/aromatic N) is 1. The van der Waals surface area contributed by atoms with E-state index >= 15 is 0 Å². The summed E-state index contributed by atoms with van der Waals surface area (Å²) in [4.78, 5) is 13.2. The molecule has 5 nitrogen and oxygen atoms in total. The molecule has 1 aromatic carbocycles. The normalized spacial score (nSPS) is 19.0. The molecule has 6 heteroatoms. The minimum absolute atomic E-state index is 0.0665. The van der Waals surface area contributed by atoms with Gasteiger partial charge in [-0.25, -0.2) is 0 Å². The lowest BCUT2D eigenvalue weighted by molar-refractivity contribution is -0.138. The molecule has 1 fully saturated rings. The van der Waals surface area contributed by atoms with Gasteiger partial charge in [-0.3, -0.25) is 9.69 Å². The van der Waals surface area contributed by atoms with Crippen LogP contribution in [-0.2, 0) is 11.3 Å². The van der Waals surface area contributed by atoms with Gasteiger partial charge < -0.3 is 14.6 Å². The number of aliphatic carboxylic acids is 1. The number of ether oxygens (including phenoxy) is 2. The number of hydrogen-bond acceptors (Lipinski definition) is 4. The zero-order chi connectivity index (χ0) is 16.1. The van der Waals surface area contributed by atoms with Crippen molar-refractivity contribution in [3.8, 4) is 11.5 Å². The summed E-state index contributed by atoms with van der Waals surface area (Å²) < 4.78 is 10.6. The van der Waals surface area contributed by atoms with Crippen LogP contribution in [0.15, 0.2) is 12.1 Å². The van der Waals surface area contributed by atoms with Crippen LogP contribution < -0.4 is 9.47 Å². The fraction of sp³-hybridized carbons (Fsp3) is 0.562. The molecule has 22 heavy (non-hydrogen) atoms. The molecule has 0 aliphatic carbocycles. The Morgan fingerprint density at radius 2 is 2.05 bits per heavy atom. The third kappa shape index (κ3) is 4.05. The molecule has 0 unspecified atom stereocenters. The molecule has 1 aliphatic heterocycles. The fourth-order valence-corrected chi connectivity index (χ4v) is 3.23. The summed E-state index contributed by atoms with van der Waals surface area (Å²) in [6, 6.07) is 3.68. The first kappa shape index (κ1) is 16.9. The molecular formula is C16H22ClNO4. The highest BCUT2D eigenvalue weighted by Crippen LogP contribution is 2.34. The number of halogens is 1. The van der Waals surface area contributed by atoms with Crippen molar-refractivity contribution >= 4 is 17.6 Å². The molecule has 1 heterocycles. The number of hydrogen-bond donors (Lipinski definition) is 1. The molecule has 1 N–H and O–H groups in total. The minimum Gasteiger partial charge on any atom is -0.496 e. The van der Waals surface area contributed by atoms with Crippen molar-refractivity contribution in [2.45, 2.75) is 38.3 Å². The molecule has 122 valence electrons. The Bertz CT molecular complexity index is 535. The van der Waals surface area contributed by atoms with Crippen molar-refractivity contribution < 1.29 is 19.4 Å². The SMILES string of the molecule is COc1cc(OC)c(CN2CCCC[C@@H]2CC(=O)O)cc1Cl. The van der Waals surface area contributed by atoms with Gasteiger partial charge in [0.25, 0.3) is 0 Å². The Morgan fingerprint density at radius 3 is 2.68 bits per heavy atom. The highest BCUT2D eigenvalue weighted by Gasteiger charge is 2.25. The number of carbonyl (C=O) groups is 1. The first-order valence-electron chi connectivity index (χ1n) is 7.41. The van der Waals surface area contributed by atoms with E-state index in [-0.39, 0.29) is 12.5 Å². The second-order valence-corrected chi connectivity index (χ2v) is 5.92. The largest absolute Gasteiger partial charge is 0.496 e. The molecule has 1 aliphatic rings. The maximum Gasteiger partial charge on any atom is 0.304 e. The van der Waals surface area contributed by atoms with Gasteiger partial charge in [0.1, 0.15) is 11.5 Å². The van der Waals surface area contributed by atoms with Crippen LogP contribution in [0.25, 0.3) is 0 Å². The van der Waals surface area contributed by atoms with E-state index < -0.39 is 5.97 Å². The monoisotopic (exact) mass is 327 g/mol.